The van der Waals surface area contributed by atoms with Crippen molar-refractivity contribution in [2.75, 3.05) is 13.2 Å². The van der Waals surface area contributed by atoms with Crippen molar-refractivity contribution in [3.8, 4) is 0 Å². The van der Waals surface area contributed by atoms with Crippen LogP contribution < -0.4 is 0 Å². The predicted octanol–water partition coefficient (Wildman–Crippen LogP) is 1.96. The Labute approximate surface area is 61.7 Å². The molecule has 0 heterocycles. The van der Waals surface area contributed by atoms with Crippen LogP contribution in [0, 0.1) is 4.91 Å². The van der Waals surface area contributed by atoms with Gasteiger partial charge in [-0.25, -0.2) is 0 Å². The van der Waals surface area contributed by atoms with Gasteiger partial charge in [0.25, 0.3) is 0 Å². The molecule has 0 fully saturated rings. The van der Waals surface area contributed by atoms with Gasteiger partial charge >= 0.3 is 0 Å². The lowest BCUT2D eigenvalue weighted by Gasteiger charge is -2.02. The van der Waals surface area contributed by atoms with E-state index in [1.807, 2.05) is 0 Å². The normalized spacial score (nSPS) is 13.0. The zero-order valence-electron chi connectivity index (χ0n) is 6.67. The molecule has 0 radical (unpaired) electrons. The summed E-state index contributed by atoms with van der Waals surface area (Å²) in [6.45, 7) is 5.06. The van der Waals surface area contributed by atoms with Crippen LogP contribution in [0.15, 0.2) is 5.18 Å². The maximum absolute atomic E-state index is 9.84. The van der Waals surface area contributed by atoms with Crippen LogP contribution in [-0.4, -0.2) is 19.3 Å². The Kier molecular flexibility index (Phi) is 6.38. The van der Waals surface area contributed by atoms with Crippen molar-refractivity contribution in [1.82, 2.24) is 0 Å². The third kappa shape index (κ3) is 5.69. The van der Waals surface area contributed by atoms with E-state index >= 15 is 0 Å². The molecule has 0 saturated heterocycles. The molecule has 0 bridgehead atoms. The van der Waals surface area contributed by atoms with E-state index in [2.05, 4.69) is 12.1 Å². The van der Waals surface area contributed by atoms with E-state index in [4.69, 9.17) is 4.74 Å². The second-order valence-corrected chi connectivity index (χ2v) is 2.38. The van der Waals surface area contributed by atoms with E-state index in [0.717, 1.165) is 19.4 Å². The smallest absolute Gasteiger partial charge is 0.112 e. The Bertz CT molecular complexity index is 85.7. The minimum absolute atomic E-state index is 0.197. The third-order valence-corrected chi connectivity index (χ3v) is 1.18. The van der Waals surface area contributed by atoms with E-state index < -0.39 is 0 Å². The molecule has 1 unspecified atom stereocenters. The first-order valence-corrected chi connectivity index (χ1v) is 3.71. The lowest BCUT2D eigenvalue weighted by atomic mass is 10.3. The molecule has 0 rings (SSSR count). The topological polar surface area (TPSA) is 38.7 Å². The van der Waals surface area contributed by atoms with Crippen molar-refractivity contribution < 1.29 is 4.74 Å². The summed E-state index contributed by atoms with van der Waals surface area (Å²) < 4.78 is 5.13. The fourth-order valence-electron chi connectivity index (χ4n) is 0.531. The van der Waals surface area contributed by atoms with Crippen LogP contribution in [0.25, 0.3) is 0 Å². The van der Waals surface area contributed by atoms with Gasteiger partial charge in [-0.05, 0) is 13.3 Å². The molecule has 60 valence electrons. The highest BCUT2D eigenvalue weighted by Crippen LogP contribution is 1.92. The summed E-state index contributed by atoms with van der Waals surface area (Å²) in [7, 11) is 0. The first-order valence-electron chi connectivity index (χ1n) is 3.71. The first kappa shape index (κ1) is 9.56. The fourth-order valence-corrected chi connectivity index (χ4v) is 0.531. The molecule has 3 nitrogen and oxygen atoms in total. The van der Waals surface area contributed by atoms with Gasteiger partial charge in [0.1, 0.15) is 6.04 Å². The summed E-state index contributed by atoms with van der Waals surface area (Å²) in [4.78, 5) is 9.84. The number of ether oxygens (including phenoxy) is 1. The highest BCUT2D eigenvalue weighted by atomic mass is 16.5. The Morgan fingerprint density at radius 3 is 2.80 bits per heavy atom. The van der Waals surface area contributed by atoms with E-state index in [1.165, 1.54) is 0 Å². The van der Waals surface area contributed by atoms with Crippen molar-refractivity contribution in [3.05, 3.63) is 4.91 Å². The Morgan fingerprint density at radius 2 is 2.30 bits per heavy atom. The van der Waals surface area contributed by atoms with Crippen LogP contribution >= 0.6 is 0 Å². The largest absolute Gasteiger partial charge is 0.379 e. The van der Waals surface area contributed by atoms with Gasteiger partial charge < -0.3 is 4.74 Å². The van der Waals surface area contributed by atoms with Crippen LogP contribution in [0.4, 0.5) is 0 Å². The number of rotatable bonds is 6. The molecule has 0 aliphatic rings. The van der Waals surface area contributed by atoms with Gasteiger partial charge in [-0.3, -0.25) is 0 Å². The number of hydrogen-bond acceptors (Lipinski definition) is 3. The summed E-state index contributed by atoms with van der Waals surface area (Å²) in [5.41, 5.74) is 0. The quantitative estimate of drug-likeness (QED) is 0.423. The summed E-state index contributed by atoms with van der Waals surface area (Å²) in [5.74, 6) is 0. The van der Waals surface area contributed by atoms with Crippen molar-refractivity contribution in [2.45, 2.75) is 32.7 Å². The molecule has 1 atom stereocenters. The van der Waals surface area contributed by atoms with Gasteiger partial charge in [-0.15, -0.1) is 0 Å². The molecule has 0 aromatic heterocycles. The molecule has 3 heteroatoms. The maximum Gasteiger partial charge on any atom is 0.112 e. The lowest BCUT2D eigenvalue weighted by molar-refractivity contribution is 0.122. The Balaban J connectivity index is 2.95. The minimum Gasteiger partial charge on any atom is -0.379 e. The minimum atomic E-state index is -0.197. The van der Waals surface area contributed by atoms with Gasteiger partial charge in [-0.1, -0.05) is 18.5 Å². The number of nitrogens with zero attached hydrogens (tertiary/aromatic N) is 1. The molecular weight excluding hydrogens is 130 g/mol. The zero-order chi connectivity index (χ0) is 7.82. The van der Waals surface area contributed by atoms with E-state index in [-0.39, 0.29) is 6.04 Å². The molecule has 0 spiro atoms. The molecule has 0 amide bonds. The van der Waals surface area contributed by atoms with Crippen LogP contribution in [-0.2, 0) is 4.74 Å². The number of unbranched alkanes of at least 4 members (excludes halogenated alkanes) is 1. The SMILES string of the molecule is CCCCOCC(C)N=O. The standard InChI is InChI=1S/C7H15NO2/c1-3-4-5-10-6-7(2)8-9/h7H,3-6H2,1-2H3. The monoisotopic (exact) mass is 145 g/mol. The van der Waals surface area contributed by atoms with Gasteiger partial charge in [0.15, 0.2) is 0 Å². The molecule has 0 aliphatic heterocycles. The highest BCUT2D eigenvalue weighted by molar-refractivity contribution is 4.54. The highest BCUT2D eigenvalue weighted by Gasteiger charge is 1.98. The van der Waals surface area contributed by atoms with Crippen molar-refractivity contribution in [2.24, 2.45) is 5.18 Å². The third-order valence-electron chi connectivity index (χ3n) is 1.18. The molecule has 10 heavy (non-hydrogen) atoms. The molecule has 0 saturated carbocycles. The Hall–Kier alpha value is -0.440. The van der Waals surface area contributed by atoms with E-state index in [9.17, 15) is 4.91 Å². The van der Waals surface area contributed by atoms with Gasteiger partial charge in [0, 0.05) is 6.61 Å². The second kappa shape index (κ2) is 6.68. The molecule has 0 aliphatic carbocycles. The molecule has 0 aromatic rings. The van der Waals surface area contributed by atoms with Crippen molar-refractivity contribution >= 4 is 0 Å². The van der Waals surface area contributed by atoms with Crippen molar-refractivity contribution in [1.29, 1.82) is 0 Å². The first-order chi connectivity index (χ1) is 4.81. The van der Waals surface area contributed by atoms with Crippen LogP contribution in [0.2, 0.25) is 0 Å². The lowest BCUT2D eigenvalue weighted by Crippen LogP contribution is -2.08. The second-order valence-electron chi connectivity index (χ2n) is 2.38. The van der Waals surface area contributed by atoms with Crippen LogP contribution in [0.3, 0.4) is 0 Å². The fraction of sp³-hybridized carbons (Fsp3) is 1.00. The van der Waals surface area contributed by atoms with Gasteiger partial charge in [0.2, 0.25) is 0 Å². The summed E-state index contributed by atoms with van der Waals surface area (Å²) in [6.07, 6.45) is 2.19. The van der Waals surface area contributed by atoms with E-state index in [1.54, 1.807) is 6.92 Å². The molecular formula is C7H15NO2. The zero-order valence-corrected chi connectivity index (χ0v) is 6.67. The summed E-state index contributed by atoms with van der Waals surface area (Å²) in [6, 6.07) is -0.197. The van der Waals surface area contributed by atoms with Gasteiger partial charge in [0.05, 0.1) is 6.61 Å². The average Bonchev–Trinajstić information content (AvgIpc) is 1.98. The maximum atomic E-state index is 9.84. The van der Waals surface area contributed by atoms with E-state index in [0.29, 0.717) is 6.61 Å². The summed E-state index contributed by atoms with van der Waals surface area (Å²) in [5, 5.41) is 2.81. The number of hydrogen-bond donors (Lipinski definition) is 0. The van der Waals surface area contributed by atoms with Gasteiger partial charge in [-0.2, -0.15) is 4.91 Å². The predicted molar refractivity (Wildman–Crippen MR) is 41.0 cm³/mol. The average molecular weight is 145 g/mol. The van der Waals surface area contributed by atoms with Crippen molar-refractivity contribution in [3.63, 3.8) is 0 Å². The van der Waals surface area contributed by atoms with Crippen LogP contribution in [0.1, 0.15) is 26.7 Å². The summed E-state index contributed by atoms with van der Waals surface area (Å²) >= 11 is 0. The molecule has 0 aromatic carbocycles. The number of nitroso groups, excluding NO2 is 1. The Morgan fingerprint density at radius 1 is 1.60 bits per heavy atom. The van der Waals surface area contributed by atoms with Crippen LogP contribution in [0.5, 0.6) is 0 Å². The molecule has 0 N–H and O–H groups in total.